The maximum absolute atomic E-state index is 13.1. The predicted octanol–water partition coefficient (Wildman–Crippen LogP) is 4.53. The normalized spacial score (nSPS) is 15.7. The van der Waals surface area contributed by atoms with Gasteiger partial charge in [0.15, 0.2) is 0 Å². The van der Waals surface area contributed by atoms with Crippen LogP contribution in [0.25, 0.3) is 27.6 Å². The maximum atomic E-state index is 13.1. The predicted molar refractivity (Wildman–Crippen MR) is 133 cm³/mol. The number of carbonyl (C=O) groups is 1. The average Bonchev–Trinajstić information content (AvgIpc) is 3.50. The Hall–Kier alpha value is -3.97. The van der Waals surface area contributed by atoms with E-state index in [9.17, 15) is 9.90 Å². The number of amides is 1. The second-order valence-electron chi connectivity index (χ2n) is 9.35. The van der Waals surface area contributed by atoms with Crippen LogP contribution in [0, 0.1) is 6.92 Å². The molecule has 0 aliphatic carbocycles. The Morgan fingerprint density at radius 1 is 1.00 bits per heavy atom. The first-order valence-electron chi connectivity index (χ1n) is 11.9. The summed E-state index contributed by atoms with van der Waals surface area (Å²) in [6.07, 6.45) is 2.97. The molecule has 0 atom stereocenters. The Morgan fingerprint density at radius 3 is 2.57 bits per heavy atom. The first kappa shape index (κ1) is 21.6. The van der Waals surface area contributed by atoms with Crippen LogP contribution < -0.4 is 0 Å². The van der Waals surface area contributed by atoms with E-state index < -0.39 is 5.60 Å². The number of likely N-dealkylation sites (tertiary alicyclic amines) is 1. The van der Waals surface area contributed by atoms with Gasteiger partial charge in [0.05, 0.1) is 18.3 Å². The number of benzene rings is 3. The maximum Gasteiger partial charge on any atom is 0.226 e. The van der Waals surface area contributed by atoms with Gasteiger partial charge in [-0.25, -0.2) is 4.68 Å². The van der Waals surface area contributed by atoms with Gasteiger partial charge < -0.3 is 14.4 Å². The zero-order chi connectivity index (χ0) is 24.0. The summed E-state index contributed by atoms with van der Waals surface area (Å²) in [7, 11) is 0. The molecule has 0 saturated carbocycles. The van der Waals surface area contributed by atoms with Crippen LogP contribution in [0.2, 0.25) is 0 Å². The minimum absolute atomic E-state index is 0.0581. The lowest BCUT2D eigenvalue weighted by atomic mass is 9.88. The molecule has 3 aromatic carbocycles. The summed E-state index contributed by atoms with van der Waals surface area (Å²) in [6.45, 7) is 2.97. The van der Waals surface area contributed by atoms with E-state index in [0.29, 0.717) is 38.0 Å². The monoisotopic (exact) mass is 466 g/mol. The highest BCUT2D eigenvalue weighted by Crippen LogP contribution is 2.33. The van der Waals surface area contributed by atoms with Gasteiger partial charge in [0.2, 0.25) is 5.91 Å². The summed E-state index contributed by atoms with van der Waals surface area (Å²) < 4.78 is 7.60. The number of fused-ring (bicyclic) bond motifs is 3. The molecule has 1 saturated heterocycles. The number of piperidine rings is 1. The second kappa shape index (κ2) is 8.36. The fraction of sp³-hybridized carbons (Fsp3) is 0.250. The van der Waals surface area contributed by atoms with Gasteiger partial charge in [-0.1, -0.05) is 47.7 Å². The van der Waals surface area contributed by atoms with E-state index in [1.165, 1.54) is 0 Å². The third-order valence-corrected chi connectivity index (χ3v) is 7.07. The highest BCUT2D eigenvalue weighted by Gasteiger charge is 2.38. The molecule has 0 radical (unpaired) electrons. The molecule has 5 aromatic rings. The van der Waals surface area contributed by atoms with E-state index in [0.717, 1.165) is 38.8 Å². The van der Waals surface area contributed by atoms with Crippen molar-refractivity contribution in [2.24, 2.45) is 0 Å². The number of hydrogen-bond donors (Lipinski definition) is 1. The van der Waals surface area contributed by atoms with Gasteiger partial charge in [-0.15, -0.1) is 5.10 Å². The molecule has 2 aromatic heterocycles. The van der Waals surface area contributed by atoms with Crippen molar-refractivity contribution in [3.05, 3.63) is 89.7 Å². The molecule has 1 N–H and O–H groups in total. The Morgan fingerprint density at radius 2 is 1.74 bits per heavy atom. The highest BCUT2D eigenvalue weighted by molar-refractivity contribution is 6.05. The first-order chi connectivity index (χ1) is 17.0. The van der Waals surface area contributed by atoms with E-state index in [1.54, 1.807) is 10.9 Å². The van der Waals surface area contributed by atoms with Crippen LogP contribution >= 0.6 is 0 Å². The Balaban J connectivity index is 1.14. The number of aliphatic hydroxyl groups is 1. The minimum Gasteiger partial charge on any atom is -0.456 e. The fourth-order valence-electron chi connectivity index (χ4n) is 4.97. The number of hydrogen-bond acceptors (Lipinski definition) is 5. The summed E-state index contributed by atoms with van der Waals surface area (Å²) >= 11 is 0. The molecule has 35 heavy (non-hydrogen) atoms. The third kappa shape index (κ3) is 3.88. The van der Waals surface area contributed by atoms with Crippen LogP contribution in [0.15, 0.2) is 77.3 Å². The topological polar surface area (TPSA) is 84.4 Å². The molecule has 1 fully saturated rings. The Labute approximate surface area is 202 Å². The lowest BCUT2D eigenvalue weighted by Crippen LogP contribution is -2.45. The number of furan rings is 1. The lowest BCUT2D eigenvalue weighted by Gasteiger charge is -2.37. The van der Waals surface area contributed by atoms with E-state index >= 15 is 0 Å². The Kier molecular flexibility index (Phi) is 5.15. The fourth-order valence-corrected chi connectivity index (χ4v) is 4.97. The number of rotatable bonds is 4. The van der Waals surface area contributed by atoms with Gasteiger partial charge in [0.25, 0.3) is 0 Å². The average molecular weight is 467 g/mol. The largest absolute Gasteiger partial charge is 0.456 e. The van der Waals surface area contributed by atoms with Crippen molar-refractivity contribution in [3.8, 4) is 5.69 Å². The third-order valence-electron chi connectivity index (χ3n) is 7.07. The lowest BCUT2D eigenvalue weighted by molar-refractivity contribution is -0.135. The van der Waals surface area contributed by atoms with Gasteiger partial charge in [0.1, 0.15) is 22.5 Å². The van der Waals surface area contributed by atoms with Gasteiger partial charge in [-0.05, 0) is 55.2 Å². The number of aromatic nitrogens is 3. The van der Waals surface area contributed by atoms with Gasteiger partial charge in [0, 0.05) is 23.9 Å². The number of aryl methyl sites for hydroxylation is 1. The molecule has 1 aliphatic heterocycles. The van der Waals surface area contributed by atoms with Crippen molar-refractivity contribution in [2.75, 3.05) is 13.1 Å². The van der Waals surface area contributed by atoms with Crippen molar-refractivity contribution < 1.29 is 14.3 Å². The number of nitrogens with zero attached hydrogens (tertiary/aromatic N) is 4. The molecular weight excluding hydrogens is 440 g/mol. The molecule has 176 valence electrons. The first-order valence-corrected chi connectivity index (χ1v) is 11.9. The van der Waals surface area contributed by atoms with Crippen LogP contribution in [0.4, 0.5) is 0 Å². The molecule has 1 aliphatic rings. The second-order valence-corrected chi connectivity index (χ2v) is 9.35. The number of carbonyl (C=O) groups excluding carboxylic acids is 1. The van der Waals surface area contributed by atoms with Crippen molar-refractivity contribution >= 4 is 27.8 Å². The van der Waals surface area contributed by atoms with Crippen LogP contribution in [0.5, 0.6) is 0 Å². The molecule has 3 heterocycles. The molecule has 6 rings (SSSR count). The van der Waals surface area contributed by atoms with Gasteiger partial charge >= 0.3 is 0 Å². The van der Waals surface area contributed by atoms with Crippen molar-refractivity contribution in [2.45, 2.75) is 31.8 Å². The van der Waals surface area contributed by atoms with Crippen LogP contribution in [-0.2, 0) is 16.8 Å². The van der Waals surface area contributed by atoms with Crippen molar-refractivity contribution in [1.29, 1.82) is 0 Å². The quantitative estimate of drug-likeness (QED) is 0.421. The minimum atomic E-state index is -1.09. The highest BCUT2D eigenvalue weighted by atomic mass is 16.3. The van der Waals surface area contributed by atoms with Crippen LogP contribution in [-0.4, -0.2) is 44.0 Å². The van der Waals surface area contributed by atoms with E-state index in [4.69, 9.17) is 4.42 Å². The van der Waals surface area contributed by atoms with Crippen LogP contribution in [0.1, 0.15) is 29.7 Å². The molecule has 7 heteroatoms. The molecule has 0 unspecified atom stereocenters. The SMILES string of the molecule is Cc1ccccc1-n1cc(C2(O)CCN(C(=O)Cc3ccc4oc5ccccc5c4c3)CC2)nn1. The molecular formula is C28H26N4O3. The molecule has 1 amide bonds. The molecule has 0 bridgehead atoms. The van der Waals surface area contributed by atoms with Crippen molar-refractivity contribution in [1.82, 2.24) is 19.9 Å². The standard InChI is InChI=1S/C28H26N4O3/c1-19-6-2-4-8-23(19)32-18-26(29-30-32)28(34)12-14-31(15-13-28)27(33)17-20-10-11-25-22(16-20)21-7-3-5-9-24(21)35-25/h2-11,16,18,34H,12-15,17H2,1H3. The zero-order valence-corrected chi connectivity index (χ0v) is 19.5. The summed E-state index contributed by atoms with van der Waals surface area (Å²) in [5, 5.41) is 21.9. The van der Waals surface area contributed by atoms with E-state index in [1.807, 2.05) is 78.6 Å². The Bertz CT molecular complexity index is 1540. The smallest absolute Gasteiger partial charge is 0.226 e. The van der Waals surface area contributed by atoms with Crippen molar-refractivity contribution in [3.63, 3.8) is 0 Å². The van der Waals surface area contributed by atoms with Gasteiger partial charge in [-0.3, -0.25) is 4.79 Å². The zero-order valence-electron chi connectivity index (χ0n) is 19.5. The van der Waals surface area contributed by atoms with Gasteiger partial charge in [-0.2, -0.15) is 0 Å². The molecule has 7 nitrogen and oxygen atoms in total. The number of para-hydroxylation sites is 2. The summed E-state index contributed by atoms with van der Waals surface area (Å²) in [6, 6.07) is 21.8. The van der Waals surface area contributed by atoms with E-state index in [-0.39, 0.29) is 5.91 Å². The molecule has 0 spiro atoms. The summed E-state index contributed by atoms with van der Waals surface area (Å²) in [5.74, 6) is 0.0581. The summed E-state index contributed by atoms with van der Waals surface area (Å²) in [4.78, 5) is 14.9. The van der Waals surface area contributed by atoms with E-state index in [2.05, 4.69) is 10.3 Å². The summed E-state index contributed by atoms with van der Waals surface area (Å²) in [5.41, 5.74) is 4.10. The van der Waals surface area contributed by atoms with Crippen LogP contribution in [0.3, 0.4) is 0 Å².